The molecule has 2 N–H and O–H groups in total. The van der Waals surface area contributed by atoms with Gasteiger partial charge in [0.1, 0.15) is 6.04 Å². The zero-order valence-electron chi connectivity index (χ0n) is 11.0. The van der Waals surface area contributed by atoms with Crippen LogP contribution in [0, 0.1) is 6.92 Å². The monoisotopic (exact) mass is 265 g/mol. The number of hydrogen-bond donors (Lipinski definition) is 1. The smallest absolute Gasteiger partial charge is 0.157 e. The zero-order valence-corrected chi connectivity index (χ0v) is 11.8. The van der Waals surface area contributed by atoms with Crippen LogP contribution in [0.2, 0.25) is 0 Å². The molecule has 4 nitrogen and oxygen atoms in total. The zero-order chi connectivity index (χ0) is 13.1. The molecule has 2 aromatic rings. The van der Waals surface area contributed by atoms with E-state index in [0.717, 1.165) is 5.75 Å². The summed E-state index contributed by atoms with van der Waals surface area (Å²) in [7, 11) is 0. The molecule has 98 valence electrons. The quantitative estimate of drug-likeness (QED) is 0.904. The minimum absolute atomic E-state index is 0.00238. The molecule has 5 heteroatoms. The number of rotatable bonds is 5. The summed E-state index contributed by atoms with van der Waals surface area (Å²) in [5, 5.41) is 4.36. The molecule has 0 fully saturated rings. The molecule has 0 spiro atoms. The van der Waals surface area contributed by atoms with Gasteiger partial charge in [0.15, 0.2) is 5.75 Å². The summed E-state index contributed by atoms with van der Waals surface area (Å²) >= 11 is 1.76. The van der Waals surface area contributed by atoms with Crippen LogP contribution in [0.15, 0.2) is 24.5 Å². The summed E-state index contributed by atoms with van der Waals surface area (Å²) in [6.45, 7) is 6.71. The first-order chi connectivity index (χ1) is 8.61. The first-order valence-corrected chi connectivity index (χ1v) is 6.92. The SMILES string of the molecule is CCOc1cnn(C(c2ccc(C)s2)C(C)N)c1. The highest BCUT2D eigenvalue weighted by atomic mass is 32.1. The minimum Gasteiger partial charge on any atom is -0.491 e. The second kappa shape index (κ2) is 5.54. The molecule has 0 amide bonds. The van der Waals surface area contributed by atoms with Gasteiger partial charge < -0.3 is 10.5 Å². The summed E-state index contributed by atoms with van der Waals surface area (Å²) in [6.07, 6.45) is 3.64. The fourth-order valence-corrected chi connectivity index (χ4v) is 3.04. The maximum absolute atomic E-state index is 6.10. The molecule has 0 radical (unpaired) electrons. The van der Waals surface area contributed by atoms with Crippen LogP contribution >= 0.6 is 11.3 Å². The Hall–Kier alpha value is -1.33. The van der Waals surface area contributed by atoms with Gasteiger partial charge in [-0.05, 0) is 32.9 Å². The first-order valence-electron chi connectivity index (χ1n) is 6.10. The largest absolute Gasteiger partial charge is 0.491 e. The molecular formula is C13H19N3OS. The van der Waals surface area contributed by atoms with Gasteiger partial charge in [0.05, 0.1) is 19.0 Å². The molecule has 0 saturated carbocycles. The molecule has 2 unspecified atom stereocenters. The molecule has 0 aliphatic heterocycles. The van der Waals surface area contributed by atoms with Gasteiger partial charge in [-0.3, -0.25) is 4.68 Å². The van der Waals surface area contributed by atoms with Crippen molar-refractivity contribution in [1.82, 2.24) is 9.78 Å². The Kier molecular flexibility index (Phi) is 4.04. The lowest BCUT2D eigenvalue weighted by molar-refractivity contribution is 0.339. The van der Waals surface area contributed by atoms with Crippen LogP contribution in [0.5, 0.6) is 5.75 Å². The van der Waals surface area contributed by atoms with Crippen LogP contribution in [-0.2, 0) is 0 Å². The molecule has 2 rings (SSSR count). The van der Waals surface area contributed by atoms with Gasteiger partial charge in [0.25, 0.3) is 0 Å². The van der Waals surface area contributed by atoms with E-state index in [9.17, 15) is 0 Å². The van der Waals surface area contributed by atoms with Crippen molar-refractivity contribution < 1.29 is 4.74 Å². The van der Waals surface area contributed by atoms with Crippen molar-refractivity contribution in [3.8, 4) is 5.75 Å². The Morgan fingerprint density at radius 3 is 2.83 bits per heavy atom. The van der Waals surface area contributed by atoms with Crippen molar-refractivity contribution in [2.24, 2.45) is 5.73 Å². The molecule has 18 heavy (non-hydrogen) atoms. The molecule has 2 aromatic heterocycles. The summed E-state index contributed by atoms with van der Waals surface area (Å²) in [5.74, 6) is 0.788. The Labute approximate surface area is 111 Å². The molecule has 2 atom stereocenters. The molecule has 2 heterocycles. The summed E-state index contributed by atoms with van der Waals surface area (Å²) in [6, 6.07) is 4.30. The Morgan fingerprint density at radius 1 is 1.50 bits per heavy atom. The number of aromatic nitrogens is 2. The topological polar surface area (TPSA) is 53.1 Å². The maximum Gasteiger partial charge on any atom is 0.157 e. The fourth-order valence-electron chi connectivity index (χ4n) is 1.96. The van der Waals surface area contributed by atoms with Gasteiger partial charge in [-0.15, -0.1) is 11.3 Å². The Bertz CT molecular complexity index is 504. The van der Waals surface area contributed by atoms with Crippen LogP contribution in [0.25, 0.3) is 0 Å². The average Bonchev–Trinajstić information content (AvgIpc) is 2.90. The van der Waals surface area contributed by atoms with Crippen molar-refractivity contribution >= 4 is 11.3 Å². The highest BCUT2D eigenvalue weighted by Gasteiger charge is 2.21. The van der Waals surface area contributed by atoms with E-state index in [0.29, 0.717) is 6.61 Å². The van der Waals surface area contributed by atoms with Crippen LogP contribution < -0.4 is 10.5 Å². The van der Waals surface area contributed by atoms with E-state index >= 15 is 0 Å². The predicted molar refractivity (Wildman–Crippen MR) is 74.2 cm³/mol. The van der Waals surface area contributed by atoms with E-state index in [1.807, 2.05) is 24.7 Å². The van der Waals surface area contributed by atoms with Crippen LogP contribution in [0.1, 0.15) is 29.6 Å². The van der Waals surface area contributed by atoms with E-state index in [4.69, 9.17) is 10.5 Å². The van der Waals surface area contributed by atoms with Crippen molar-refractivity contribution in [1.29, 1.82) is 0 Å². The summed E-state index contributed by atoms with van der Waals surface area (Å²) in [5.41, 5.74) is 6.10. The lowest BCUT2D eigenvalue weighted by atomic mass is 10.1. The van der Waals surface area contributed by atoms with Crippen molar-refractivity contribution in [3.63, 3.8) is 0 Å². The van der Waals surface area contributed by atoms with Gasteiger partial charge in [-0.1, -0.05) is 0 Å². The second-order valence-corrected chi connectivity index (χ2v) is 5.66. The van der Waals surface area contributed by atoms with Crippen molar-refractivity contribution in [2.45, 2.75) is 32.9 Å². The maximum atomic E-state index is 6.10. The Balaban J connectivity index is 2.29. The normalized spacial score (nSPS) is 14.4. The van der Waals surface area contributed by atoms with Crippen molar-refractivity contribution in [2.75, 3.05) is 6.61 Å². The lowest BCUT2D eigenvalue weighted by Gasteiger charge is -2.19. The summed E-state index contributed by atoms with van der Waals surface area (Å²) in [4.78, 5) is 2.52. The van der Waals surface area contributed by atoms with Crippen LogP contribution in [0.4, 0.5) is 0 Å². The van der Waals surface area contributed by atoms with E-state index < -0.39 is 0 Å². The highest BCUT2D eigenvalue weighted by Crippen LogP contribution is 2.28. The Morgan fingerprint density at radius 2 is 2.28 bits per heavy atom. The molecule has 0 saturated heterocycles. The van der Waals surface area contributed by atoms with E-state index in [2.05, 4.69) is 24.2 Å². The van der Waals surface area contributed by atoms with E-state index in [-0.39, 0.29) is 12.1 Å². The third-order valence-electron chi connectivity index (χ3n) is 2.72. The standard InChI is InChI=1S/C13H19N3OS/c1-4-17-11-7-15-16(8-11)13(10(3)14)12-6-5-9(2)18-12/h5-8,10,13H,4,14H2,1-3H3. The van der Waals surface area contributed by atoms with E-state index in [1.165, 1.54) is 9.75 Å². The minimum atomic E-state index is -0.00238. The second-order valence-electron chi connectivity index (χ2n) is 4.34. The molecule has 0 aromatic carbocycles. The number of thiophene rings is 1. The average molecular weight is 265 g/mol. The van der Waals surface area contributed by atoms with Gasteiger partial charge in [-0.25, -0.2) is 0 Å². The van der Waals surface area contributed by atoms with Crippen LogP contribution in [-0.4, -0.2) is 22.4 Å². The molecule has 0 bridgehead atoms. The number of ether oxygens (including phenoxy) is 1. The fraction of sp³-hybridized carbons (Fsp3) is 0.462. The van der Waals surface area contributed by atoms with E-state index in [1.54, 1.807) is 17.5 Å². The predicted octanol–water partition coefficient (Wildman–Crippen LogP) is 2.59. The highest BCUT2D eigenvalue weighted by molar-refractivity contribution is 7.12. The van der Waals surface area contributed by atoms with Gasteiger partial charge in [-0.2, -0.15) is 5.10 Å². The van der Waals surface area contributed by atoms with Crippen molar-refractivity contribution in [3.05, 3.63) is 34.3 Å². The number of aryl methyl sites for hydroxylation is 1. The van der Waals surface area contributed by atoms with Gasteiger partial charge >= 0.3 is 0 Å². The van der Waals surface area contributed by atoms with Gasteiger partial charge in [0.2, 0.25) is 0 Å². The summed E-state index contributed by atoms with van der Waals surface area (Å²) < 4.78 is 7.33. The third-order valence-corrected chi connectivity index (χ3v) is 3.80. The van der Waals surface area contributed by atoms with Gasteiger partial charge in [0, 0.05) is 15.8 Å². The number of hydrogen-bond acceptors (Lipinski definition) is 4. The van der Waals surface area contributed by atoms with Crippen LogP contribution in [0.3, 0.4) is 0 Å². The molecule has 0 aliphatic carbocycles. The third kappa shape index (κ3) is 2.73. The molecular weight excluding hydrogens is 246 g/mol. The number of nitrogens with two attached hydrogens (primary N) is 1. The number of nitrogens with zero attached hydrogens (tertiary/aromatic N) is 2. The lowest BCUT2D eigenvalue weighted by Crippen LogP contribution is -2.29. The first kappa shape index (κ1) is 13.1. The molecule has 0 aliphatic rings.